The van der Waals surface area contributed by atoms with Crippen LogP contribution < -0.4 is 5.32 Å². The second-order valence-electron chi connectivity index (χ2n) is 6.83. The second kappa shape index (κ2) is 8.43. The summed E-state index contributed by atoms with van der Waals surface area (Å²) in [5.41, 5.74) is 2.60. The van der Waals surface area contributed by atoms with Crippen molar-refractivity contribution in [3.8, 4) is 0 Å². The van der Waals surface area contributed by atoms with Gasteiger partial charge in [0.15, 0.2) is 0 Å². The van der Waals surface area contributed by atoms with Crippen molar-refractivity contribution in [3.63, 3.8) is 0 Å². The molecule has 1 amide bonds. The van der Waals surface area contributed by atoms with Gasteiger partial charge in [0.2, 0.25) is 0 Å². The Bertz CT molecular complexity index is 956. The number of carbonyl (C=O) groups excluding carboxylic acids is 1. The highest BCUT2D eigenvalue weighted by Gasteiger charge is 2.26. The molecule has 3 aromatic rings. The maximum Gasteiger partial charge on any atom is 0.255 e. The lowest BCUT2D eigenvalue weighted by molar-refractivity contribution is 0.0925. The summed E-state index contributed by atoms with van der Waals surface area (Å²) in [4.78, 5) is 16.1. The van der Waals surface area contributed by atoms with Crippen LogP contribution in [0.15, 0.2) is 60.0 Å². The molecule has 0 radical (unpaired) electrons. The molecule has 1 aromatic heterocycles. The highest BCUT2D eigenvalue weighted by molar-refractivity contribution is 7.10. The molecule has 0 spiro atoms. The lowest BCUT2D eigenvalue weighted by atomic mass is 9.98. The Morgan fingerprint density at radius 1 is 1.14 bits per heavy atom. The first kappa shape index (κ1) is 19.1. The van der Waals surface area contributed by atoms with Crippen molar-refractivity contribution in [1.82, 2.24) is 10.2 Å². The van der Waals surface area contributed by atoms with Gasteiger partial charge in [0.1, 0.15) is 5.82 Å². The van der Waals surface area contributed by atoms with Crippen LogP contribution in [0.4, 0.5) is 4.39 Å². The van der Waals surface area contributed by atoms with Crippen LogP contribution >= 0.6 is 22.9 Å². The summed E-state index contributed by atoms with van der Waals surface area (Å²) >= 11 is 7.70. The molecular weight excluding hydrogens is 395 g/mol. The summed E-state index contributed by atoms with van der Waals surface area (Å²) in [6.45, 7) is 2.14. The Morgan fingerprint density at radius 3 is 2.71 bits per heavy atom. The van der Waals surface area contributed by atoms with Crippen LogP contribution in [0.1, 0.15) is 32.4 Å². The lowest BCUT2D eigenvalue weighted by Crippen LogP contribution is -2.40. The largest absolute Gasteiger partial charge is 0.350 e. The molecule has 1 N–H and O–H groups in total. The van der Waals surface area contributed by atoms with Crippen molar-refractivity contribution < 1.29 is 9.18 Å². The summed E-state index contributed by atoms with van der Waals surface area (Å²) < 4.78 is 14.1. The maximum atomic E-state index is 14.1. The first-order valence-corrected chi connectivity index (χ1v) is 10.5. The quantitative estimate of drug-likeness (QED) is 0.632. The highest BCUT2D eigenvalue weighted by atomic mass is 35.5. The number of benzene rings is 2. The molecule has 0 saturated heterocycles. The Hall–Kier alpha value is -2.21. The van der Waals surface area contributed by atoms with Gasteiger partial charge in [-0.1, -0.05) is 48.0 Å². The van der Waals surface area contributed by atoms with E-state index >= 15 is 0 Å². The molecule has 1 aliphatic rings. The summed E-state index contributed by atoms with van der Waals surface area (Å²) in [6, 6.07) is 16.9. The van der Waals surface area contributed by atoms with E-state index in [-0.39, 0.29) is 16.6 Å². The van der Waals surface area contributed by atoms with Crippen LogP contribution in [-0.4, -0.2) is 23.9 Å². The molecule has 0 saturated carbocycles. The molecule has 2 heterocycles. The number of fused-ring (bicyclic) bond motifs is 1. The van der Waals surface area contributed by atoms with E-state index in [0.29, 0.717) is 6.54 Å². The van der Waals surface area contributed by atoms with E-state index in [2.05, 4.69) is 40.5 Å². The molecule has 3 nitrogen and oxygen atoms in total. The van der Waals surface area contributed by atoms with E-state index < -0.39 is 11.7 Å². The van der Waals surface area contributed by atoms with Crippen molar-refractivity contribution in [3.05, 3.63) is 92.4 Å². The number of rotatable bonds is 5. The van der Waals surface area contributed by atoms with E-state index in [1.54, 1.807) is 11.3 Å². The molecule has 0 aliphatic carbocycles. The zero-order chi connectivity index (χ0) is 19.5. The maximum absolute atomic E-state index is 14.1. The minimum Gasteiger partial charge on any atom is -0.350 e. The number of nitrogens with zero attached hydrogens (tertiary/aromatic N) is 1. The van der Waals surface area contributed by atoms with Crippen molar-refractivity contribution in [2.45, 2.75) is 19.0 Å². The third-order valence-electron chi connectivity index (χ3n) is 5.12. The molecule has 4 rings (SSSR count). The summed E-state index contributed by atoms with van der Waals surface area (Å²) in [7, 11) is 0. The minimum atomic E-state index is -0.607. The average Bonchev–Trinajstić information content (AvgIpc) is 3.22. The van der Waals surface area contributed by atoms with E-state index in [9.17, 15) is 9.18 Å². The predicted octanol–water partition coefficient (Wildman–Crippen LogP) is 5.07. The van der Waals surface area contributed by atoms with Gasteiger partial charge in [-0.3, -0.25) is 9.69 Å². The minimum absolute atomic E-state index is 0.0304. The second-order valence-corrected chi connectivity index (χ2v) is 8.21. The molecule has 1 aliphatic heterocycles. The molecule has 0 bridgehead atoms. The molecule has 28 heavy (non-hydrogen) atoms. The predicted molar refractivity (Wildman–Crippen MR) is 111 cm³/mol. The first-order chi connectivity index (χ1) is 13.6. The molecule has 2 aromatic carbocycles. The van der Waals surface area contributed by atoms with Gasteiger partial charge in [-0.15, -0.1) is 11.3 Å². The number of halogens is 2. The van der Waals surface area contributed by atoms with Gasteiger partial charge in [0.05, 0.1) is 16.6 Å². The number of thiophene rings is 1. The summed E-state index contributed by atoms with van der Waals surface area (Å²) in [5, 5.41) is 5.05. The van der Waals surface area contributed by atoms with Crippen LogP contribution in [-0.2, 0) is 13.0 Å². The molecule has 0 fully saturated rings. The Kier molecular flexibility index (Phi) is 5.76. The first-order valence-electron chi connectivity index (χ1n) is 9.20. The third kappa shape index (κ3) is 3.97. The van der Waals surface area contributed by atoms with E-state index in [0.717, 1.165) is 19.5 Å². The van der Waals surface area contributed by atoms with Gasteiger partial charge in [0.25, 0.3) is 5.91 Å². The highest BCUT2D eigenvalue weighted by Crippen LogP contribution is 2.30. The molecular formula is C22H20ClFN2OS. The van der Waals surface area contributed by atoms with Gasteiger partial charge >= 0.3 is 0 Å². The number of hydrogen-bond donors (Lipinski definition) is 1. The number of hydrogen-bond acceptors (Lipinski definition) is 3. The smallest absolute Gasteiger partial charge is 0.255 e. The topological polar surface area (TPSA) is 32.3 Å². The average molecular weight is 415 g/mol. The Labute approximate surface area is 172 Å². The van der Waals surface area contributed by atoms with E-state index in [4.69, 9.17) is 11.6 Å². The van der Waals surface area contributed by atoms with E-state index in [1.165, 1.54) is 34.2 Å². The van der Waals surface area contributed by atoms with E-state index in [1.807, 2.05) is 11.4 Å². The number of amides is 1. The van der Waals surface area contributed by atoms with Crippen molar-refractivity contribution in [2.75, 3.05) is 13.1 Å². The fourth-order valence-corrected chi connectivity index (χ4v) is 4.78. The third-order valence-corrected chi connectivity index (χ3v) is 6.41. The van der Waals surface area contributed by atoms with Crippen LogP contribution in [0.25, 0.3) is 0 Å². The van der Waals surface area contributed by atoms with Crippen molar-refractivity contribution >= 4 is 28.8 Å². The van der Waals surface area contributed by atoms with Crippen LogP contribution in [0.2, 0.25) is 5.02 Å². The zero-order valence-corrected chi connectivity index (χ0v) is 16.8. The fraction of sp³-hybridized carbons (Fsp3) is 0.227. The number of carbonyl (C=O) groups is 1. The van der Waals surface area contributed by atoms with Crippen LogP contribution in [0, 0.1) is 5.82 Å². The standard InChI is InChI=1S/C22H20ClFN2OS/c23-17-7-3-8-18(24)21(17)22(27)25-13-19(20-9-4-12-28-20)26-11-10-15-5-1-2-6-16(15)14-26/h1-9,12,19H,10-11,13-14H2,(H,25,27). The van der Waals surface area contributed by atoms with Crippen LogP contribution in [0.5, 0.6) is 0 Å². The molecule has 6 heteroatoms. The van der Waals surface area contributed by atoms with Gasteiger partial charge in [-0.2, -0.15) is 0 Å². The van der Waals surface area contributed by atoms with Crippen molar-refractivity contribution in [2.24, 2.45) is 0 Å². The Morgan fingerprint density at radius 2 is 1.96 bits per heavy atom. The van der Waals surface area contributed by atoms with Gasteiger partial charge in [-0.25, -0.2) is 4.39 Å². The van der Waals surface area contributed by atoms with Gasteiger partial charge in [-0.05, 0) is 41.1 Å². The Balaban J connectivity index is 1.53. The molecule has 1 unspecified atom stereocenters. The normalized spacial score (nSPS) is 15.1. The van der Waals surface area contributed by atoms with Crippen LogP contribution in [0.3, 0.4) is 0 Å². The van der Waals surface area contributed by atoms with Gasteiger partial charge < -0.3 is 5.32 Å². The molecule has 144 valence electrons. The van der Waals surface area contributed by atoms with Crippen molar-refractivity contribution in [1.29, 1.82) is 0 Å². The molecule has 1 atom stereocenters. The summed E-state index contributed by atoms with van der Waals surface area (Å²) in [5.74, 6) is -1.09. The fourth-order valence-electron chi connectivity index (χ4n) is 3.67. The SMILES string of the molecule is O=C(NCC(c1cccs1)N1CCc2ccccc2C1)c1c(F)cccc1Cl. The van der Waals surface area contributed by atoms with Gasteiger partial charge in [0, 0.05) is 24.5 Å². The summed E-state index contributed by atoms with van der Waals surface area (Å²) in [6.07, 6.45) is 0.977. The zero-order valence-electron chi connectivity index (χ0n) is 15.2. The lowest BCUT2D eigenvalue weighted by Gasteiger charge is -2.35. The number of nitrogens with one attached hydrogen (secondary N) is 1. The monoisotopic (exact) mass is 414 g/mol.